The molecule has 37 heavy (non-hydrogen) atoms. The molecule has 3 rings (SSSR count). The molecule has 0 spiro atoms. The number of hydrogen-bond donors (Lipinski definition) is 3. The second kappa shape index (κ2) is 11.3. The predicted octanol–water partition coefficient (Wildman–Crippen LogP) is 3.09. The SMILES string of the molecule is COC(=O)c1cc2c(c(C(=O)NNC(=O)C(C)(Cc3ccccc3)NC(=O)OC(C)(C)C)c1)CCCO2. The van der Waals surface area contributed by atoms with Crippen molar-refractivity contribution in [2.24, 2.45) is 0 Å². The first-order valence-corrected chi connectivity index (χ1v) is 12.0. The van der Waals surface area contributed by atoms with Crippen LogP contribution >= 0.6 is 0 Å². The highest BCUT2D eigenvalue weighted by Crippen LogP contribution is 2.30. The topological polar surface area (TPSA) is 132 Å². The van der Waals surface area contributed by atoms with Crippen LogP contribution in [0.1, 0.15) is 66.0 Å². The van der Waals surface area contributed by atoms with E-state index in [1.165, 1.54) is 19.2 Å². The molecule has 1 aliphatic heterocycles. The largest absolute Gasteiger partial charge is 0.493 e. The lowest BCUT2D eigenvalue weighted by Gasteiger charge is -2.31. The van der Waals surface area contributed by atoms with E-state index < -0.39 is 35.0 Å². The molecule has 0 aliphatic carbocycles. The van der Waals surface area contributed by atoms with Crippen LogP contribution < -0.4 is 20.9 Å². The number of esters is 1. The van der Waals surface area contributed by atoms with Gasteiger partial charge in [0.15, 0.2) is 0 Å². The van der Waals surface area contributed by atoms with Crippen LogP contribution in [-0.2, 0) is 27.1 Å². The van der Waals surface area contributed by atoms with E-state index in [1.807, 2.05) is 30.3 Å². The third kappa shape index (κ3) is 7.22. The van der Waals surface area contributed by atoms with Crippen molar-refractivity contribution in [3.63, 3.8) is 0 Å². The minimum atomic E-state index is -1.46. The third-order valence-corrected chi connectivity index (χ3v) is 5.67. The van der Waals surface area contributed by atoms with Gasteiger partial charge in [0, 0.05) is 17.5 Å². The van der Waals surface area contributed by atoms with E-state index in [0.717, 1.165) is 5.56 Å². The fourth-order valence-electron chi connectivity index (χ4n) is 3.93. The molecule has 2 aromatic rings. The van der Waals surface area contributed by atoms with E-state index in [4.69, 9.17) is 14.2 Å². The van der Waals surface area contributed by atoms with E-state index >= 15 is 0 Å². The molecule has 0 radical (unpaired) electrons. The lowest BCUT2D eigenvalue weighted by molar-refractivity contribution is -0.127. The molecule has 1 unspecified atom stereocenters. The number of ether oxygens (including phenoxy) is 3. The summed E-state index contributed by atoms with van der Waals surface area (Å²) < 4.78 is 15.8. The van der Waals surface area contributed by atoms with Gasteiger partial charge in [-0.25, -0.2) is 9.59 Å². The summed E-state index contributed by atoms with van der Waals surface area (Å²) in [6, 6.07) is 12.1. The van der Waals surface area contributed by atoms with Crippen molar-refractivity contribution in [2.75, 3.05) is 13.7 Å². The third-order valence-electron chi connectivity index (χ3n) is 5.67. The fraction of sp³-hybridized carbons (Fsp3) is 0.407. The Morgan fingerprint density at radius 3 is 2.35 bits per heavy atom. The lowest BCUT2D eigenvalue weighted by Crippen LogP contribution is -2.61. The van der Waals surface area contributed by atoms with Crippen LogP contribution in [0.4, 0.5) is 4.79 Å². The fourth-order valence-corrected chi connectivity index (χ4v) is 3.93. The normalized spacial score (nSPS) is 14.2. The molecule has 1 aliphatic rings. The van der Waals surface area contributed by atoms with Gasteiger partial charge in [0.05, 0.1) is 19.3 Å². The number of alkyl carbamates (subject to hydrolysis) is 1. The first-order valence-electron chi connectivity index (χ1n) is 12.0. The first kappa shape index (κ1) is 27.5. The Hall–Kier alpha value is -4.08. The Bertz CT molecular complexity index is 1170. The Morgan fingerprint density at radius 1 is 1.00 bits per heavy atom. The molecule has 0 saturated carbocycles. The Kier molecular flexibility index (Phi) is 8.42. The molecular weight excluding hydrogens is 478 g/mol. The second-order valence-electron chi connectivity index (χ2n) is 9.97. The maximum Gasteiger partial charge on any atom is 0.408 e. The number of nitrogens with one attached hydrogen (secondary N) is 3. The van der Waals surface area contributed by atoms with Gasteiger partial charge in [0.2, 0.25) is 0 Å². The van der Waals surface area contributed by atoms with E-state index in [0.29, 0.717) is 30.8 Å². The summed E-state index contributed by atoms with van der Waals surface area (Å²) >= 11 is 0. The molecule has 0 fully saturated rings. The standard InChI is InChI=1S/C27H33N3O7/c1-26(2,3)37-25(34)28-27(4,16-17-10-7-6-8-11-17)24(33)30-29-22(31)20-14-18(23(32)35-5)15-21-19(20)12-9-13-36-21/h6-8,10-11,14-15H,9,12-13,16H2,1-5H3,(H,28,34)(H,29,31)(H,30,33). The summed E-state index contributed by atoms with van der Waals surface area (Å²) in [4.78, 5) is 51.1. The molecule has 10 nitrogen and oxygen atoms in total. The van der Waals surface area contributed by atoms with E-state index in [-0.39, 0.29) is 17.5 Å². The number of benzene rings is 2. The molecular formula is C27H33N3O7. The molecule has 0 saturated heterocycles. The molecule has 3 amide bonds. The van der Waals surface area contributed by atoms with Gasteiger partial charge in [-0.3, -0.25) is 20.4 Å². The number of amides is 3. The quantitative estimate of drug-likeness (QED) is 0.401. The highest BCUT2D eigenvalue weighted by atomic mass is 16.6. The maximum atomic E-state index is 13.3. The van der Waals surface area contributed by atoms with Crippen LogP contribution in [0, 0.1) is 0 Å². The predicted molar refractivity (Wildman–Crippen MR) is 135 cm³/mol. The van der Waals surface area contributed by atoms with E-state index in [2.05, 4.69) is 16.2 Å². The van der Waals surface area contributed by atoms with Gasteiger partial charge in [0.1, 0.15) is 16.9 Å². The number of hydrazine groups is 1. The molecule has 1 heterocycles. The van der Waals surface area contributed by atoms with Gasteiger partial charge in [-0.1, -0.05) is 30.3 Å². The van der Waals surface area contributed by atoms with Crippen molar-refractivity contribution in [1.82, 2.24) is 16.2 Å². The van der Waals surface area contributed by atoms with Gasteiger partial charge in [-0.15, -0.1) is 0 Å². The van der Waals surface area contributed by atoms with Gasteiger partial charge >= 0.3 is 12.1 Å². The summed E-state index contributed by atoms with van der Waals surface area (Å²) in [7, 11) is 1.24. The average molecular weight is 512 g/mol. The van der Waals surface area contributed by atoms with Crippen molar-refractivity contribution >= 4 is 23.9 Å². The van der Waals surface area contributed by atoms with Crippen LogP contribution in [0.15, 0.2) is 42.5 Å². The number of rotatable bonds is 6. The van der Waals surface area contributed by atoms with Crippen LogP contribution in [0.5, 0.6) is 5.75 Å². The number of fused-ring (bicyclic) bond motifs is 1. The van der Waals surface area contributed by atoms with E-state index in [1.54, 1.807) is 27.7 Å². The average Bonchev–Trinajstić information content (AvgIpc) is 2.85. The molecule has 10 heteroatoms. The minimum absolute atomic E-state index is 0.135. The lowest BCUT2D eigenvalue weighted by atomic mass is 9.92. The first-order chi connectivity index (χ1) is 17.4. The molecule has 3 N–H and O–H groups in total. The molecule has 2 aromatic carbocycles. The van der Waals surface area contributed by atoms with Crippen LogP contribution in [0.25, 0.3) is 0 Å². The number of methoxy groups -OCH3 is 1. The minimum Gasteiger partial charge on any atom is -0.493 e. The van der Waals surface area contributed by atoms with Crippen molar-refractivity contribution < 1.29 is 33.4 Å². The summed E-state index contributed by atoms with van der Waals surface area (Å²) in [5.41, 5.74) is 4.34. The molecule has 198 valence electrons. The van der Waals surface area contributed by atoms with Gasteiger partial charge in [-0.05, 0) is 58.2 Å². The van der Waals surface area contributed by atoms with Crippen LogP contribution in [0.2, 0.25) is 0 Å². The monoisotopic (exact) mass is 511 g/mol. The van der Waals surface area contributed by atoms with Crippen LogP contribution in [-0.4, -0.2) is 48.7 Å². The zero-order chi connectivity index (χ0) is 27.2. The number of carbonyl (C=O) groups excluding carboxylic acids is 4. The summed E-state index contributed by atoms with van der Waals surface area (Å²) in [5, 5.41) is 2.64. The molecule has 0 aromatic heterocycles. The molecule has 1 atom stereocenters. The summed E-state index contributed by atoms with van der Waals surface area (Å²) in [6.07, 6.45) is 0.630. The van der Waals surface area contributed by atoms with Gasteiger partial charge < -0.3 is 19.5 Å². The Balaban J connectivity index is 1.82. The number of carbonyl (C=O) groups is 4. The Labute approximate surface area is 216 Å². The van der Waals surface area contributed by atoms with Crippen molar-refractivity contribution in [1.29, 1.82) is 0 Å². The maximum absolute atomic E-state index is 13.3. The summed E-state index contributed by atoms with van der Waals surface area (Å²) in [5.74, 6) is -1.50. The Morgan fingerprint density at radius 2 is 1.70 bits per heavy atom. The van der Waals surface area contributed by atoms with Gasteiger partial charge in [-0.2, -0.15) is 0 Å². The van der Waals surface area contributed by atoms with Crippen LogP contribution in [0.3, 0.4) is 0 Å². The smallest absolute Gasteiger partial charge is 0.408 e. The van der Waals surface area contributed by atoms with Gasteiger partial charge in [0.25, 0.3) is 11.8 Å². The highest BCUT2D eigenvalue weighted by Gasteiger charge is 2.37. The summed E-state index contributed by atoms with van der Waals surface area (Å²) in [6.45, 7) is 7.15. The highest BCUT2D eigenvalue weighted by molar-refractivity contribution is 6.01. The van der Waals surface area contributed by atoms with Crippen molar-refractivity contribution in [3.05, 3.63) is 64.7 Å². The zero-order valence-corrected chi connectivity index (χ0v) is 21.7. The zero-order valence-electron chi connectivity index (χ0n) is 21.7. The van der Waals surface area contributed by atoms with Crippen molar-refractivity contribution in [3.8, 4) is 5.75 Å². The van der Waals surface area contributed by atoms with E-state index in [9.17, 15) is 19.2 Å². The number of hydrogen-bond acceptors (Lipinski definition) is 7. The second-order valence-corrected chi connectivity index (χ2v) is 9.97. The van der Waals surface area contributed by atoms with Crippen molar-refractivity contribution in [2.45, 2.75) is 58.1 Å². The molecule has 0 bridgehead atoms.